The first-order valence-corrected chi connectivity index (χ1v) is 6.04. The van der Waals surface area contributed by atoms with Crippen molar-refractivity contribution in [1.29, 1.82) is 0 Å². The van der Waals surface area contributed by atoms with E-state index in [2.05, 4.69) is 10.1 Å². The third-order valence-corrected chi connectivity index (χ3v) is 2.60. The summed E-state index contributed by atoms with van der Waals surface area (Å²) in [6.07, 6.45) is 1.48. The van der Waals surface area contributed by atoms with E-state index in [0.29, 0.717) is 6.42 Å². The second-order valence-electron chi connectivity index (χ2n) is 4.14. The Morgan fingerprint density at radius 2 is 2.15 bits per heavy atom. The zero-order valence-corrected chi connectivity index (χ0v) is 11.3. The van der Waals surface area contributed by atoms with Gasteiger partial charge in [0, 0.05) is 6.54 Å². The van der Waals surface area contributed by atoms with Crippen LogP contribution in [0.1, 0.15) is 32.3 Å². The Morgan fingerprint density at radius 1 is 1.50 bits per heavy atom. The Bertz CT molecular complexity index is 643. The van der Waals surface area contributed by atoms with Gasteiger partial charge in [0.05, 0.1) is 5.71 Å². The number of nitrogens with one attached hydrogen (secondary N) is 2. The molecule has 0 radical (unpaired) electrons. The predicted octanol–water partition coefficient (Wildman–Crippen LogP) is -0.565. The Balaban J connectivity index is 3.33. The minimum Gasteiger partial charge on any atom is -0.494 e. The lowest BCUT2D eigenvalue weighted by Crippen LogP contribution is -2.34. The number of carbonyl (C=O) groups is 1. The Labute approximate surface area is 114 Å². The molecule has 0 aliphatic heterocycles. The van der Waals surface area contributed by atoms with E-state index in [1.54, 1.807) is 0 Å². The van der Waals surface area contributed by atoms with Gasteiger partial charge in [-0.3, -0.25) is 14.3 Å². The molecule has 9 heteroatoms. The van der Waals surface area contributed by atoms with Gasteiger partial charge in [-0.25, -0.2) is 15.0 Å². The molecule has 0 aromatic carbocycles. The molecule has 0 saturated carbocycles. The number of carbonyl (C=O) groups excluding carboxylic acids is 1. The predicted molar refractivity (Wildman–Crippen MR) is 72.8 cm³/mol. The van der Waals surface area contributed by atoms with Crippen molar-refractivity contribution < 1.29 is 9.90 Å². The average Bonchev–Trinajstić information content (AvgIpc) is 2.35. The molecular weight excluding hydrogens is 266 g/mol. The molecule has 1 aromatic rings. The quantitative estimate of drug-likeness (QED) is 0.424. The number of aromatic amines is 1. The fourth-order valence-corrected chi connectivity index (χ4v) is 1.60. The normalized spacial score (nSPS) is 11.4. The molecule has 9 nitrogen and oxygen atoms in total. The SMILES string of the molecule is CCCCn1c(O)c(/C(C)=N/NC(N)=O)c(=O)[nH]c1=O. The van der Waals surface area contributed by atoms with Gasteiger partial charge in [0.2, 0.25) is 5.88 Å². The fourth-order valence-electron chi connectivity index (χ4n) is 1.60. The highest BCUT2D eigenvalue weighted by Gasteiger charge is 2.16. The van der Waals surface area contributed by atoms with Crippen LogP contribution in [-0.4, -0.2) is 26.4 Å². The number of hydrogen-bond acceptors (Lipinski definition) is 5. The topological polar surface area (TPSA) is 143 Å². The van der Waals surface area contributed by atoms with Crippen LogP contribution in [0, 0.1) is 0 Å². The highest BCUT2D eigenvalue weighted by atomic mass is 16.3. The highest BCUT2D eigenvalue weighted by Crippen LogP contribution is 2.11. The molecule has 0 saturated heterocycles. The summed E-state index contributed by atoms with van der Waals surface area (Å²) >= 11 is 0. The second-order valence-corrected chi connectivity index (χ2v) is 4.14. The number of aromatic hydroxyl groups is 1. The van der Waals surface area contributed by atoms with Gasteiger partial charge in [-0.15, -0.1) is 0 Å². The smallest absolute Gasteiger partial charge is 0.332 e. The molecule has 1 aromatic heterocycles. The van der Waals surface area contributed by atoms with E-state index < -0.39 is 23.2 Å². The molecule has 0 bridgehead atoms. The molecular formula is C11H17N5O4. The summed E-state index contributed by atoms with van der Waals surface area (Å²) < 4.78 is 1.05. The zero-order valence-electron chi connectivity index (χ0n) is 11.3. The number of amides is 2. The number of urea groups is 1. The molecule has 20 heavy (non-hydrogen) atoms. The first-order valence-electron chi connectivity index (χ1n) is 6.04. The summed E-state index contributed by atoms with van der Waals surface area (Å²) in [7, 11) is 0. The van der Waals surface area contributed by atoms with Crippen molar-refractivity contribution in [3.63, 3.8) is 0 Å². The van der Waals surface area contributed by atoms with Crippen LogP contribution in [0.4, 0.5) is 4.79 Å². The van der Waals surface area contributed by atoms with Gasteiger partial charge in [0.1, 0.15) is 5.56 Å². The van der Waals surface area contributed by atoms with Crippen LogP contribution in [0.3, 0.4) is 0 Å². The molecule has 0 atom stereocenters. The molecule has 1 heterocycles. The van der Waals surface area contributed by atoms with E-state index in [1.165, 1.54) is 6.92 Å². The van der Waals surface area contributed by atoms with Gasteiger partial charge in [-0.1, -0.05) is 13.3 Å². The van der Waals surface area contributed by atoms with Gasteiger partial charge >= 0.3 is 11.7 Å². The fraction of sp³-hybridized carbons (Fsp3) is 0.455. The maximum atomic E-state index is 11.7. The first-order chi connectivity index (χ1) is 9.38. The molecule has 0 aliphatic rings. The maximum Gasteiger partial charge on any atom is 0.332 e. The van der Waals surface area contributed by atoms with E-state index in [-0.39, 0.29) is 17.8 Å². The molecule has 0 unspecified atom stereocenters. The van der Waals surface area contributed by atoms with Crippen molar-refractivity contribution in [3.05, 3.63) is 26.4 Å². The van der Waals surface area contributed by atoms with Gasteiger partial charge in [0.25, 0.3) is 5.56 Å². The summed E-state index contributed by atoms with van der Waals surface area (Å²) in [6.45, 7) is 3.59. The maximum absolute atomic E-state index is 11.7. The number of nitrogens with zero attached hydrogens (tertiary/aromatic N) is 2. The number of primary amides is 1. The van der Waals surface area contributed by atoms with Gasteiger partial charge in [0.15, 0.2) is 0 Å². The molecule has 2 amide bonds. The summed E-state index contributed by atoms with van der Waals surface area (Å²) in [4.78, 5) is 36.0. The van der Waals surface area contributed by atoms with E-state index in [1.807, 2.05) is 12.3 Å². The number of hydrazone groups is 1. The highest BCUT2D eigenvalue weighted by molar-refractivity contribution is 6.00. The van der Waals surface area contributed by atoms with Crippen LogP contribution in [0.2, 0.25) is 0 Å². The summed E-state index contributed by atoms with van der Waals surface area (Å²) in [5, 5.41) is 13.6. The molecule has 110 valence electrons. The third-order valence-electron chi connectivity index (χ3n) is 2.60. The van der Waals surface area contributed by atoms with Crippen LogP contribution < -0.4 is 22.4 Å². The van der Waals surface area contributed by atoms with Crippen LogP contribution in [0.25, 0.3) is 0 Å². The van der Waals surface area contributed by atoms with E-state index in [0.717, 1.165) is 11.0 Å². The lowest BCUT2D eigenvalue weighted by atomic mass is 10.2. The van der Waals surface area contributed by atoms with Crippen LogP contribution in [-0.2, 0) is 6.54 Å². The Morgan fingerprint density at radius 3 is 2.70 bits per heavy atom. The minimum atomic E-state index is -0.903. The lowest BCUT2D eigenvalue weighted by molar-refractivity contribution is 0.249. The molecule has 0 fully saturated rings. The van der Waals surface area contributed by atoms with E-state index in [9.17, 15) is 19.5 Å². The van der Waals surface area contributed by atoms with Gasteiger partial charge < -0.3 is 10.8 Å². The zero-order chi connectivity index (χ0) is 15.3. The first kappa shape index (κ1) is 15.5. The molecule has 0 aliphatic carbocycles. The largest absolute Gasteiger partial charge is 0.494 e. The minimum absolute atomic E-state index is 0.0350. The van der Waals surface area contributed by atoms with Crippen molar-refractivity contribution in [2.75, 3.05) is 0 Å². The van der Waals surface area contributed by atoms with Crippen molar-refractivity contribution >= 4 is 11.7 Å². The number of H-pyrrole nitrogens is 1. The monoisotopic (exact) mass is 283 g/mol. The number of aromatic nitrogens is 2. The van der Waals surface area contributed by atoms with E-state index >= 15 is 0 Å². The Hall–Kier alpha value is -2.58. The number of unbranched alkanes of at least 4 members (excludes halogenated alkanes) is 1. The van der Waals surface area contributed by atoms with Crippen LogP contribution in [0.5, 0.6) is 5.88 Å². The van der Waals surface area contributed by atoms with Crippen molar-refractivity contribution in [2.24, 2.45) is 10.8 Å². The number of hydrogen-bond donors (Lipinski definition) is 4. The van der Waals surface area contributed by atoms with Crippen LogP contribution in [0.15, 0.2) is 14.7 Å². The van der Waals surface area contributed by atoms with E-state index in [4.69, 9.17) is 5.73 Å². The standard InChI is InChI=1S/C11H17N5O4/c1-3-4-5-16-9(18)7(8(17)13-11(16)20)6(2)14-15-10(12)19/h18H,3-5H2,1-2H3,(H3,12,15,19)(H,13,17,20)/b14-6+. The van der Waals surface area contributed by atoms with Gasteiger partial charge in [-0.05, 0) is 13.3 Å². The van der Waals surface area contributed by atoms with Crippen molar-refractivity contribution in [1.82, 2.24) is 15.0 Å². The summed E-state index contributed by atoms with van der Waals surface area (Å²) in [5.74, 6) is -0.486. The third kappa shape index (κ3) is 3.46. The number of rotatable bonds is 5. The molecule has 1 rings (SSSR count). The van der Waals surface area contributed by atoms with Crippen molar-refractivity contribution in [3.8, 4) is 5.88 Å². The summed E-state index contributed by atoms with van der Waals surface area (Å²) in [5.41, 5.74) is 5.18. The average molecular weight is 283 g/mol. The van der Waals surface area contributed by atoms with Gasteiger partial charge in [-0.2, -0.15) is 5.10 Å². The Kier molecular flexibility index (Phi) is 5.07. The lowest BCUT2D eigenvalue weighted by Gasteiger charge is -2.10. The summed E-state index contributed by atoms with van der Waals surface area (Å²) in [6, 6.07) is -0.903. The second kappa shape index (κ2) is 6.55. The molecule has 0 spiro atoms. The number of nitrogens with two attached hydrogens (primary N) is 1. The molecule has 5 N–H and O–H groups in total. The van der Waals surface area contributed by atoms with Crippen molar-refractivity contribution in [2.45, 2.75) is 33.2 Å². The van der Waals surface area contributed by atoms with Crippen LogP contribution >= 0.6 is 0 Å².